The summed E-state index contributed by atoms with van der Waals surface area (Å²) in [4.78, 5) is 15.7. The van der Waals surface area contributed by atoms with Gasteiger partial charge in [0.05, 0.1) is 12.9 Å². The third-order valence-electron chi connectivity index (χ3n) is 3.47. The van der Waals surface area contributed by atoms with Crippen LogP contribution in [0.2, 0.25) is 0 Å². The number of nitrogen functional groups attached to an aromatic ring is 1. The number of hydrogen-bond acceptors (Lipinski definition) is 4. The average Bonchev–Trinajstić information content (AvgIpc) is 2.72. The normalized spacial score (nSPS) is 12.7. The molecule has 0 aliphatic carbocycles. The lowest BCUT2D eigenvalue weighted by molar-refractivity contribution is 0.0521. The van der Waals surface area contributed by atoms with E-state index < -0.39 is 5.97 Å². The van der Waals surface area contributed by atoms with E-state index in [0.717, 1.165) is 12.8 Å². The fourth-order valence-corrected chi connectivity index (χ4v) is 2.25. The van der Waals surface area contributed by atoms with E-state index in [1.54, 1.807) is 13.3 Å². The maximum Gasteiger partial charge on any atom is 0.360 e. The smallest absolute Gasteiger partial charge is 0.360 e. The van der Waals surface area contributed by atoms with E-state index in [-0.39, 0.29) is 11.7 Å². The summed E-state index contributed by atoms with van der Waals surface area (Å²) >= 11 is 0. The van der Waals surface area contributed by atoms with Crippen molar-refractivity contribution in [3.8, 4) is 0 Å². The van der Waals surface area contributed by atoms with E-state index in [2.05, 4.69) is 25.8 Å². The van der Waals surface area contributed by atoms with Crippen LogP contribution in [0, 0.1) is 5.92 Å². The van der Waals surface area contributed by atoms with Gasteiger partial charge in [0, 0.05) is 6.04 Å². The molecule has 18 heavy (non-hydrogen) atoms. The number of imidazole rings is 1. The molecule has 0 aliphatic heterocycles. The number of nitrogens with two attached hydrogens (primary N) is 1. The third kappa shape index (κ3) is 2.83. The largest absolute Gasteiger partial charge is 0.461 e. The first kappa shape index (κ1) is 14.5. The summed E-state index contributed by atoms with van der Waals surface area (Å²) in [5, 5.41) is 0. The standard InChI is InChI=1S/C13H23N3O2/c1-5-10(6-2)9(4)16-8-15-11(12(16)14)13(17)18-7-3/h8-10H,5-7,14H2,1-4H3. The van der Waals surface area contributed by atoms with Gasteiger partial charge < -0.3 is 15.0 Å². The van der Waals surface area contributed by atoms with E-state index >= 15 is 0 Å². The van der Waals surface area contributed by atoms with Crippen LogP contribution in [-0.4, -0.2) is 22.1 Å². The fraction of sp³-hybridized carbons (Fsp3) is 0.692. The molecule has 1 rings (SSSR count). The van der Waals surface area contributed by atoms with Gasteiger partial charge in [-0.05, 0) is 19.8 Å². The molecule has 1 aromatic rings. The summed E-state index contributed by atoms with van der Waals surface area (Å²) < 4.78 is 6.79. The van der Waals surface area contributed by atoms with Crippen LogP contribution in [0.1, 0.15) is 57.1 Å². The summed E-state index contributed by atoms with van der Waals surface area (Å²) in [5.41, 5.74) is 6.20. The van der Waals surface area contributed by atoms with Gasteiger partial charge in [-0.1, -0.05) is 26.7 Å². The molecule has 5 heteroatoms. The van der Waals surface area contributed by atoms with Gasteiger partial charge in [-0.15, -0.1) is 0 Å². The highest BCUT2D eigenvalue weighted by molar-refractivity contribution is 5.92. The number of rotatable bonds is 6. The summed E-state index contributed by atoms with van der Waals surface area (Å²) in [5.74, 6) is 0.467. The van der Waals surface area contributed by atoms with Crippen LogP contribution in [0.3, 0.4) is 0 Å². The quantitative estimate of drug-likeness (QED) is 0.791. The molecule has 0 aromatic carbocycles. The average molecular weight is 253 g/mol. The zero-order valence-corrected chi connectivity index (χ0v) is 11.6. The molecule has 1 heterocycles. The molecule has 5 nitrogen and oxygen atoms in total. The van der Waals surface area contributed by atoms with Gasteiger partial charge in [0.1, 0.15) is 5.82 Å². The van der Waals surface area contributed by atoms with E-state index in [4.69, 9.17) is 10.5 Å². The molecule has 1 atom stereocenters. The SMILES string of the molecule is CCOC(=O)c1ncn(C(C)C(CC)CC)c1N. The Labute approximate surface area is 108 Å². The van der Waals surface area contributed by atoms with Crippen molar-refractivity contribution in [2.75, 3.05) is 12.3 Å². The Hall–Kier alpha value is -1.52. The second-order valence-corrected chi connectivity index (χ2v) is 4.42. The number of esters is 1. The number of aromatic nitrogens is 2. The van der Waals surface area contributed by atoms with Crippen molar-refractivity contribution in [3.05, 3.63) is 12.0 Å². The van der Waals surface area contributed by atoms with Gasteiger partial charge in [0.15, 0.2) is 5.69 Å². The van der Waals surface area contributed by atoms with Gasteiger partial charge in [-0.2, -0.15) is 0 Å². The Morgan fingerprint density at radius 2 is 2.06 bits per heavy atom. The number of ether oxygens (including phenoxy) is 1. The van der Waals surface area contributed by atoms with Gasteiger partial charge in [0.25, 0.3) is 0 Å². The maximum atomic E-state index is 11.6. The molecule has 1 unspecified atom stereocenters. The van der Waals surface area contributed by atoms with Gasteiger partial charge in [0.2, 0.25) is 0 Å². The van der Waals surface area contributed by atoms with Gasteiger partial charge in [-0.25, -0.2) is 9.78 Å². The van der Waals surface area contributed by atoms with E-state index in [0.29, 0.717) is 18.3 Å². The van der Waals surface area contributed by atoms with Crippen LogP contribution in [0.4, 0.5) is 5.82 Å². The zero-order valence-electron chi connectivity index (χ0n) is 11.6. The van der Waals surface area contributed by atoms with Gasteiger partial charge in [-0.3, -0.25) is 0 Å². The lowest BCUT2D eigenvalue weighted by Crippen LogP contribution is -2.17. The molecule has 0 fully saturated rings. The van der Waals surface area contributed by atoms with Crippen molar-refractivity contribution < 1.29 is 9.53 Å². The minimum absolute atomic E-state index is 0.217. The molecule has 0 bridgehead atoms. The van der Waals surface area contributed by atoms with Crippen molar-refractivity contribution in [2.45, 2.75) is 46.6 Å². The predicted molar refractivity (Wildman–Crippen MR) is 71.4 cm³/mol. The Kier molecular flexibility index (Phi) is 5.19. The van der Waals surface area contributed by atoms with Crippen LogP contribution >= 0.6 is 0 Å². The lowest BCUT2D eigenvalue weighted by atomic mass is 9.95. The highest BCUT2D eigenvalue weighted by Crippen LogP contribution is 2.27. The lowest BCUT2D eigenvalue weighted by Gasteiger charge is -2.23. The third-order valence-corrected chi connectivity index (χ3v) is 3.47. The van der Waals surface area contributed by atoms with Crippen LogP contribution in [0.5, 0.6) is 0 Å². The molecular formula is C13H23N3O2. The maximum absolute atomic E-state index is 11.6. The summed E-state index contributed by atoms with van der Waals surface area (Å²) in [6, 6.07) is 0.232. The van der Waals surface area contributed by atoms with Crippen molar-refractivity contribution >= 4 is 11.8 Å². The highest BCUT2D eigenvalue weighted by atomic mass is 16.5. The summed E-state index contributed by atoms with van der Waals surface area (Å²) in [7, 11) is 0. The summed E-state index contributed by atoms with van der Waals surface area (Å²) in [6.45, 7) is 8.50. The van der Waals surface area contributed by atoms with Crippen molar-refractivity contribution in [1.82, 2.24) is 9.55 Å². The minimum atomic E-state index is -0.453. The predicted octanol–water partition coefficient (Wildman–Crippen LogP) is 2.64. The Bertz CT molecular complexity index is 397. The molecule has 0 saturated carbocycles. The van der Waals surface area contributed by atoms with E-state index in [1.165, 1.54) is 0 Å². The Balaban J connectivity index is 2.95. The topological polar surface area (TPSA) is 70.1 Å². The minimum Gasteiger partial charge on any atom is -0.461 e. The molecule has 0 aliphatic rings. The van der Waals surface area contributed by atoms with E-state index in [1.807, 2.05) is 4.57 Å². The van der Waals surface area contributed by atoms with Crippen LogP contribution in [0.15, 0.2) is 6.33 Å². The number of hydrogen-bond donors (Lipinski definition) is 1. The Morgan fingerprint density at radius 1 is 1.44 bits per heavy atom. The second kappa shape index (κ2) is 6.42. The molecule has 0 spiro atoms. The zero-order chi connectivity index (χ0) is 13.7. The number of carbonyl (C=O) groups is 1. The number of nitrogens with zero attached hydrogens (tertiary/aromatic N) is 2. The molecule has 1 aromatic heterocycles. The monoisotopic (exact) mass is 253 g/mol. The number of anilines is 1. The molecular weight excluding hydrogens is 230 g/mol. The highest BCUT2D eigenvalue weighted by Gasteiger charge is 2.22. The van der Waals surface area contributed by atoms with Crippen LogP contribution < -0.4 is 5.73 Å². The molecule has 0 saturated heterocycles. The first-order chi connectivity index (χ1) is 8.56. The molecule has 102 valence electrons. The first-order valence-electron chi connectivity index (χ1n) is 6.56. The number of carbonyl (C=O) groups excluding carboxylic acids is 1. The summed E-state index contributed by atoms with van der Waals surface area (Å²) in [6.07, 6.45) is 3.78. The molecule has 2 N–H and O–H groups in total. The molecule has 0 radical (unpaired) electrons. The van der Waals surface area contributed by atoms with Crippen molar-refractivity contribution in [1.29, 1.82) is 0 Å². The first-order valence-corrected chi connectivity index (χ1v) is 6.56. The fourth-order valence-electron chi connectivity index (χ4n) is 2.25. The Morgan fingerprint density at radius 3 is 2.56 bits per heavy atom. The van der Waals surface area contributed by atoms with Crippen LogP contribution in [-0.2, 0) is 4.74 Å². The van der Waals surface area contributed by atoms with E-state index in [9.17, 15) is 4.79 Å². The van der Waals surface area contributed by atoms with Crippen molar-refractivity contribution in [3.63, 3.8) is 0 Å². The molecule has 0 amide bonds. The van der Waals surface area contributed by atoms with Crippen molar-refractivity contribution in [2.24, 2.45) is 5.92 Å². The van der Waals surface area contributed by atoms with Crippen LogP contribution in [0.25, 0.3) is 0 Å². The second-order valence-electron chi connectivity index (χ2n) is 4.42. The van der Waals surface area contributed by atoms with Gasteiger partial charge >= 0.3 is 5.97 Å².